The zero-order valence-corrected chi connectivity index (χ0v) is 26.9. The van der Waals surface area contributed by atoms with Crippen molar-refractivity contribution in [2.75, 3.05) is 7.05 Å². The third-order valence-corrected chi connectivity index (χ3v) is 7.20. The molecule has 0 radical (unpaired) electrons. The van der Waals surface area contributed by atoms with Gasteiger partial charge in [-0.1, -0.05) is 75.5 Å². The van der Waals surface area contributed by atoms with Gasteiger partial charge >= 0.3 is 0 Å². The van der Waals surface area contributed by atoms with E-state index < -0.39 is 0 Å². The summed E-state index contributed by atoms with van der Waals surface area (Å²) in [6.07, 6.45) is 18.3. The predicted molar refractivity (Wildman–Crippen MR) is 196 cm³/mol. The van der Waals surface area contributed by atoms with E-state index in [2.05, 4.69) is 84.6 Å². The Morgan fingerprint density at radius 3 is 2.38 bits per heavy atom. The molecule has 0 saturated heterocycles. The summed E-state index contributed by atoms with van der Waals surface area (Å²) >= 11 is 0. The summed E-state index contributed by atoms with van der Waals surface area (Å²) in [7, 11) is 1.73. The van der Waals surface area contributed by atoms with Crippen LogP contribution in [0.1, 0.15) is 55.1 Å². The molecule has 0 aliphatic carbocycles. The smallest absolute Gasteiger partial charge is 0.268 e. The van der Waals surface area contributed by atoms with Gasteiger partial charge < -0.3 is 26.6 Å². The highest BCUT2D eigenvalue weighted by Crippen LogP contribution is 2.22. The number of aryl methyl sites for hydroxylation is 1. The Kier molecular flexibility index (Phi) is 15.4. The number of aliphatic imine (C=N–C) groups is 1. The molecule has 0 spiro atoms. The summed E-state index contributed by atoms with van der Waals surface area (Å²) in [5.74, 6) is 2.64. The van der Waals surface area contributed by atoms with Crippen molar-refractivity contribution in [3.05, 3.63) is 137 Å². The van der Waals surface area contributed by atoms with Gasteiger partial charge in [-0.3, -0.25) is 4.79 Å². The second-order valence-corrected chi connectivity index (χ2v) is 10.5. The number of terminal acetylenes is 2. The normalized spacial score (nSPS) is 13.5. The highest BCUT2D eigenvalue weighted by Gasteiger charge is 2.24. The van der Waals surface area contributed by atoms with E-state index in [0.29, 0.717) is 47.2 Å². The van der Waals surface area contributed by atoms with Gasteiger partial charge in [0.2, 0.25) is 0 Å². The van der Waals surface area contributed by atoms with E-state index in [0.717, 1.165) is 33.5 Å². The zero-order chi connectivity index (χ0) is 34.4. The third kappa shape index (κ3) is 10.7. The Hall–Kier alpha value is -6.17. The maximum atomic E-state index is 13.4. The molecular formula is C39H45N7O. The number of nitrogens with zero attached hydrogens (tertiary/aromatic N) is 3. The quantitative estimate of drug-likeness (QED) is 0.128. The maximum Gasteiger partial charge on any atom is 0.268 e. The highest BCUT2D eigenvalue weighted by atomic mass is 16.2. The van der Waals surface area contributed by atoms with Crippen molar-refractivity contribution in [1.29, 1.82) is 5.26 Å². The van der Waals surface area contributed by atoms with E-state index in [9.17, 15) is 4.79 Å². The number of allylic oxidation sites excluding steroid dienone is 5. The molecule has 0 saturated carbocycles. The molecule has 8 nitrogen and oxygen atoms in total. The second-order valence-electron chi connectivity index (χ2n) is 10.5. The van der Waals surface area contributed by atoms with Crippen LogP contribution in [-0.4, -0.2) is 23.6 Å². The van der Waals surface area contributed by atoms with Gasteiger partial charge in [-0.15, -0.1) is 19.3 Å². The first-order chi connectivity index (χ1) is 22.0. The SMILES string of the molecule is C.C#C.C#CC(=C)/C=C(\C)NCc1cc(CNC(=C)C2=N/C(=C/N)N(C)C(C(=O)NC(C)c3ccc(C(=C)C#N)cc3)=C2)ccc1C. The summed E-state index contributed by atoms with van der Waals surface area (Å²) < 4.78 is 0. The molecular weight excluding hydrogens is 582 g/mol. The molecule has 1 aliphatic heterocycles. The number of carbonyl (C=O) groups is 1. The van der Waals surface area contributed by atoms with Gasteiger partial charge in [-0.05, 0) is 60.7 Å². The van der Waals surface area contributed by atoms with Crippen LogP contribution < -0.4 is 21.7 Å². The molecule has 5 N–H and O–H groups in total. The largest absolute Gasteiger partial charge is 0.402 e. The molecule has 1 aliphatic rings. The standard InChI is InChI=1S/C36H39N7O.C2H2.CH4/c1-9-23(2)16-26(5)39-22-32-17-29(11-10-24(32)3)21-40-28(7)33-18-34(43(8)35(20-38)42-33)36(44)41-27(6)31-14-12-30(13-15-31)25(4)19-37;1-2;/h1,10-18,20,27,39-40H,2,4,7,21-22,38H2,3,5-6,8H3,(H,41,44);1-2H;1H4/b26-16+,35-20-;;. The van der Waals surface area contributed by atoms with E-state index in [1.165, 1.54) is 6.20 Å². The van der Waals surface area contributed by atoms with E-state index in [-0.39, 0.29) is 19.4 Å². The average Bonchev–Trinajstić information content (AvgIpc) is 3.07. The topological polar surface area (TPSA) is 119 Å². The molecule has 3 rings (SSSR count). The molecule has 0 aromatic heterocycles. The number of rotatable bonds is 12. The van der Waals surface area contributed by atoms with Crippen molar-refractivity contribution in [2.45, 2.75) is 47.3 Å². The molecule has 242 valence electrons. The lowest BCUT2D eigenvalue weighted by molar-refractivity contribution is -0.119. The number of amides is 1. The van der Waals surface area contributed by atoms with Gasteiger partial charge in [-0.2, -0.15) is 5.26 Å². The number of hydrogen-bond donors (Lipinski definition) is 4. The second kappa shape index (κ2) is 18.6. The maximum absolute atomic E-state index is 13.4. The molecule has 1 heterocycles. The monoisotopic (exact) mass is 627 g/mol. The number of benzene rings is 2. The van der Waals surface area contributed by atoms with Crippen LogP contribution in [0.4, 0.5) is 0 Å². The van der Waals surface area contributed by atoms with Crippen LogP contribution in [0.3, 0.4) is 0 Å². The molecule has 0 fully saturated rings. The Bertz CT molecular complexity index is 1720. The lowest BCUT2D eigenvalue weighted by Gasteiger charge is -2.28. The van der Waals surface area contributed by atoms with E-state index >= 15 is 0 Å². The van der Waals surface area contributed by atoms with Crippen molar-refractivity contribution in [2.24, 2.45) is 10.7 Å². The fourth-order valence-electron chi connectivity index (χ4n) is 4.41. The number of nitrogens with two attached hydrogens (primary N) is 1. The minimum Gasteiger partial charge on any atom is -0.402 e. The van der Waals surface area contributed by atoms with Gasteiger partial charge in [0.25, 0.3) is 5.91 Å². The lowest BCUT2D eigenvalue weighted by atomic mass is 10.0. The molecule has 1 atom stereocenters. The van der Waals surface area contributed by atoms with Crippen LogP contribution >= 0.6 is 0 Å². The van der Waals surface area contributed by atoms with E-state index in [4.69, 9.17) is 17.4 Å². The number of nitrogens with one attached hydrogen (secondary N) is 3. The fraction of sp³-hybridized carbons (Fsp3) is 0.205. The van der Waals surface area contributed by atoms with Crippen LogP contribution in [0, 0.1) is 43.4 Å². The van der Waals surface area contributed by atoms with Gasteiger partial charge in [0, 0.05) is 37.6 Å². The molecule has 1 unspecified atom stereocenters. The molecule has 2 aromatic rings. The summed E-state index contributed by atoms with van der Waals surface area (Å²) in [4.78, 5) is 19.6. The summed E-state index contributed by atoms with van der Waals surface area (Å²) in [6, 6.07) is 15.4. The number of hydrogen-bond acceptors (Lipinski definition) is 7. The van der Waals surface area contributed by atoms with Gasteiger partial charge in [0.05, 0.1) is 29.1 Å². The van der Waals surface area contributed by atoms with Crippen molar-refractivity contribution in [3.8, 4) is 31.3 Å². The van der Waals surface area contributed by atoms with Crippen molar-refractivity contribution in [1.82, 2.24) is 20.9 Å². The van der Waals surface area contributed by atoms with Gasteiger partial charge in [0.15, 0.2) is 0 Å². The minimum absolute atomic E-state index is 0. The first-order valence-electron chi connectivity index (χ1n) is 14.4. The first kappa shape index (κ1) is 38.9. The Balaban J connectivity index is 0.00000361. The Labute approximate surface area is 280 Å². The Morgan fingerprint density at radius 1 is 1.13 bits per heavy atom. The van der Waals surface area contributed by atoms with E-state index in [1.54, 1.807) is 18.0 Å². The van der Waals surface area contributed by atoms with Gasteiger partial charge in [0.1, 0.15) is 11.5 Å². The van der Waals surface area contributed by atoms with Crippen LogP contribution in [0.15, 0.2) is 114 Å². The molecule has 8 heteroatoms. The molecule has 0 bridgehead atoms. The zero-order valence-electron chi connectivity index (χ0n) is 26.9. The van der Waals surface area contributed by atoms with Crippen molar-refractivity contribution < 1.29 is 4.79 Å². The Morgan fingerprint density at radius 2 is 1.79 bits per heavy atom. The lowest BCUT2D eigenvalue weighted by Crippen LogP contribution is -2.37. The highest BCUT2D eigenvalue weighted by molar-refractivity contribution is 6.13. The average molecular weight is 628 g/mol. The van der Waals surface area contributed by atoms with Gasteiger partial charge in [-0.25, -0.2) is 4.99 Å². The van der Waals surface area contributed by atoms with Crippen LogP contribution in [0.5, 0.6) is 0 Å². The fourth-order valence-corrected chi connectivity index (χ4v) is 4.41. The predicted octanol–water partition coefficient (Wildman–Crippen LogP) is 6.11. The summed E-state index contributed by atoms with van der Waals surface area (Å²) in [5.41, 5.74) is 14.2. The third-order valence-electron chi connectivity index (χ3n) is 7.20. The van der Waals surface area contributed by atoms with E-state index in [1.807, 2.05) is 50.3 Å². The van der Waals surface area contributed by atoms with Crippen molar-refractivity contribution >= 4 is 17.2 Å². The summed E-state index contributed by atoms with van der Waals surface area (Å²) in [5, 5.41) is 18.8. The van der Waals surface area contributed by atoms with Crippen molar-refractivity contribution in [3.63, 3.8) is 0 Å². The first-order valence-corrected chi connectivity index (χ1v) is 14.4. The summed E-state index contributed by atoms with van der Waals surface area (Å²) in [6.45, 7) is 18.8. The number of nitriles is 1. The minimum atomic E-state index is -0.296. The molecule has 1 amide bonds. The van der Waals surface area contributed by atoms with Crippen LogP contribution in [0.2, 0.25) is 0 Å². The van der Waals surface area contributed by atoms with Crippen LogP contribution in [-0.2, 0) is 17.9 Å². The number of carbonyl (C=O) groups excluding carboxylic acids is 1. The number of likely N-dealkylation sites (N-methyl/N-ethyl adjacent to an activating group) is 1. The van der Waals surface area contributed by atoms with Crippen LogP contribution in [0.25, 0.3) is 5.57 Å². The molecule has 2 aromatic carbocycles. The molecule has 47 heavy (non-hydrogen) atoms.